The average molecular weight is 253 g/mol. The van der Waals surface area contributed by atoms with Crippen LogP contribution in [0, 0.1) is 0 Å². The summed E-state index contributed by atoms with van der Waals surface area (Å²) in [4.78, 5) is 13.0. The van der Waals surface area contributed by atoms with Gasteiger partial charge >= 0.3 is 6.02 Å². The van der Waals surface area contributed by atoms with Gasteiger partial charge in [0.1, 0.15) is 0 Å². The molecule has 3 rings (SSSR count). The number of nitrogens with zero attached hydrogens (tertiary/aromatic N) is 3. The summed E-state index contributed by atoms with van der Waals surface area (Å²) in [5, 5.41) is 1.95. The van der Waals surface area contributed by atoms with Gasteiger partial charge in [-0.05, 0) is 33.1 Å². The fourth-order valence-electron chi connectivity index (χ4n) is 2.94. The van der Waals surface area contributed by atoms with Gasteiger partial charge in [-0.25, -0.2) is 0 Å². The molecule has 2 fully saturated rings. The number of hydrogen-bond acceptors (Lipinski definition) is 5. The minimum atomic E-state index is -0.587. The Morgan fingerprint density at radius 1 is 1.22 bits per heavy atom. The number of aliphatic imine (C=N–C) groups is 1. The summed E-state index contributed by atoms with van der Waals surface area (Å²) in [5.41, 5.74) is -0.114. The van der Waals surface area contributed by atoms with Gasteiger partial charge in [-0.1, -0.05) is 12.0 Å². The fraction of sp³-hybridized carbons (Fsp3) is 0.923. The van der Waals surface area contributed by atoms with Crippen LogP contribution in [-0.4, -0.2) is 47.1 Å². The van der Waals surface area contributed by atoms with Gasteiger partial charge in [0.2, 0.25) is 0 Å². The lowest BCUT2D eigenvalue weighted by Gasteiger charge is -2.32. The number of ether oxygens (including phenoxy) is 1. The highest BCUT2D eigenvalue weighted by Crippen LogP contribution is 2.42. The van der Waals surface area contributed by atoms with Crippen molar-refractivity contribution < 1.29 is 9.57 Å². The minimum Gasteiger partial charge on any atom is -0.362 e. The maximum Gasteiger partial charge on any atom is 0.312 e. The van der Waals surface area contributed by atoms with E-state index in [-0.39, 0.29) is 5.54 Å². The molecule has 0 aromatic heterocycles. The first-order valence-electron chi connectivity index (χ1n) is 7.04. The standard InChI is InChI=1S/C13H23N3O2/c1-4-13-14-11(15-8-6-5-7-9-15)18-16(13)12(2,3)10-17-13/h4-10H2,1-3H3. The molecule has 5 heteroatoms. The molecule has 18 heavy (non-hydrogen) atoms. The maximum atomic E-state index is 6.02. The molecule has 0 radical (unpaired) electrons. The van der Waals surface area contributed by atoms with Crippen molar-refractivity contribution in [2.24, 2.45) is 4.99 Å². The Bertz CT molecular complexity index is 363. The normalized spacial score (nSPS) is 35.3. The van der Waals surface area contributed by atoms with E-state index in [0.717, 1.165) is 25.5 Å². The van der Waals surface area contributed by atoms with Gasteiger partial charge in [0.05, 0.1) is 12.1 Å². The Kier molecular flexibility index (Phi) is 2.79. The zero-order valence-electron chi connectivity index (χ0n) is 11.6. The molecule has 0 aliphatic carbocycles. The van der Waals surface area contributed by atoms with Crippen LogP contribution in [0.3, 0.4) is 0 Å². The van der Waals surface area contributed by atoms with Crippen molar-refractivity contribution in [1.82, 2.24) is 9.96 Å². The van der Waals surface area contributed by atoms with E-state index in [1.54, 1.807) is 0 Å². The lowest BCUT2D eigenvalue weighted by Crippen LogP contribution is -2.48. The van der Waals surface area contributed by atoms with Gasteiger partial charge in [-0.3, -0.25) is 0 Å². The second kappa shape index (κ2) is 4.10. The molecular weight excluding hydrogens is 230 g/mol. The van der Waals surface area contributed by atoms with E-state index in [0.29, 0.717) is 6.61 Å². The summed E-state index contributed by atoms with van der Waals surface area (Å²) in [5.74, 6) is -0.587. The largest absolute Gasteiger partial charge is 0.362 e. The molecule has 2 saturated heterocycles. The molecule has 3 aliphatic rings. The third-order valence-electron chi connectivity index (χ3n) is 4.05. The van der Waals surface area contributed by atoms with Crippen molar-refractivity contribution >= 4 is 6.02 Å². The van der Waals surface area contributed by atoms with Crippen LogP contribution >= 0.6 is 0 Å². The van der Waals surface area contributed by atoms with Gasteiger partial charge < -0.3 is 14.5 Å². The van der Waals surface area contributed by atoms with E-state index >= 15 is 0 Å². The van der Waals surface area contributed by atoms with Gasteiger partial charge in [-0.2, -0.15) is 4.99 Å². The van der Waals surface area contributed by atoms with Crippen molar-refractivity contribution in [3.8, 4) is 0 Å². The van der Waals surface area contributed by atoms with Gasteiger partial charge in [-0.15, -0.1) is 0 Å². The fourth-order valence-corrected chi connectivity index (χ4v) is 2.94. The minimum absolute atomic E-state index is 0.114. The SMILES string of the molecule is CCC12N=C(N3CCCCC3)ON1C(C)(C)CO2. The molecule has 0 bridgehead atoms. The summed E-state index contributed by atoms with van der Waals surface area (Å²) < 4.78 is 5.94. The van der Waals surface area contributed by atoms with Crippen LogP contribution < -0.4 is 0 Å². The summed E-state index contributed by atoms with van der Waals surface area (Å²) in [7, 11) is 0. The Balaban J connectivity index is 1.83. The lowest BCUT2D eigenvalue weighted by molar-refractivity contribution is -0.213. The monoisotopic (exact) mass is 253 g/mol. The molecule has 5 nitrogen and oxygen atoms in total. The van der Waals surface area contributed by atoms with Crippen LogP contribution in [0.2, 0.25) is 0 Å². The molecule has 0 saturated carbocycles. The van der Waals surface area contributed by atoms with Gasteiger partial charge in [0, 0.05) is 19.5 Å². The third-order valence-corrected chi connectivity index (χ3v) is 4.05. The number of rotatable bonds is 1. The lowest BCUT2D eigenvalue weighted by atomic mass is 10.1. The number of piperidine rings is 1. The number of hydroxylamine groups is 2. The van der Waals surface area contributed by atoms with Crippen LogP contribution in [-0.2, 0) is 9.57 Å². The topological polar surface area (TPSA) is 37.3 Å². The summed E-state index contributed by atoms with van der Waals surface area (Å²) in [6, 6.07) is 0.754. The van der Waals surface area contributed by atoms with Crippen molar-refractivity contribution in [2.75, 3.05) is 19.7 Å². The Morgan fingerprint density at radius 2 is 1.94 bits per heavy atom. The zero-order valence-corrected chi connectivity index (χ0v) is 11.6. The number of likely N-dealkylation sites (tertiary alicyclic amines) is 1. The smallest absolute Gasteiger partial charge is 0.312 e. The van der Waals surface area contributed by atoms with Crippen molar-refractivity contribution in [1.29, 1.82) is 0 Å². The number of amidine groups is 1. The molecule has 102 valence electrons. The molecule has 0 aromatic carbocycles. The van der Waals surface area contributed by atoms with Crippen molar-refractivity contribution in [3.63, 3.8) is 0 Å². The summed E-state index contributed by atoms with van der Waals surface area (Å²) in [6.07, 6.45) is 4.58. The van der Waals surface area contributed by atoms with Gasteiger partial charge in [0.15, 0.2) is 0 Å². The maximum absolute atomic E-state index is 6.02. The molecular formula is C13H23N3O2. The van der Waals surface area contributed by atoms with Gasteiger partial charge in [0.25, 0.3) is 5.85 Å². The number of fused-ring (bicyclic) bond motifs is 1. The molecule has 0 spiro atoms. The first kappa shape index (κ1) is 12.2. The predicted octanol–water partition coefficient (Wildman–Crippen LogP) is 1.95. The molecule has 1 unspecified atom stereocenters. The van der Waals surface area contributed by atoms with Crippen LogP contribution in [0.25, 0.3) is 0 Å². The molecule has 3 aliphatic heterocycles. The second-order valence-corrected chi connectivity index (χ2v) is 6.03. The number of hydrogen-bond donors (Lipinski definition) is 0. The van der Waals surface area contributed by atoms with Crippen LogP contribution in [0.4, 0.5) is 0 Å². The van der Waals surface area contributed by atoms with E-state index in [4.69, 9.17) is 14.6 Å². The van der Waals surface area contributed by atoms with Crippen LogP contribution in [0.5, 0.6) is 0 Å². The molecule has 0 amide bonds. The van der Waals surface area contributed by atoms with E-state index in [2.05, 4.69) is 25.7 Å². The third kappa shape index (κ3) is 1.72. The van der Waals surface area contributed by atoms with Crippen molar-refractivity contribution in [2.45, 2.75) is 57.8 Å². The van der Waals surface area contributed by atoms with Crippen LogP contribution in [0.1, 0.15) is 46.5 Å². The van der Waals surface area contributed by atoms with E-state index in [1.165, 1.54) is 19.3 Å². The van der Waals surface area contributed by atoms with Crippen LogP contribution in [0.15, 0.2) is 4.99 Å². The zero-order chi connectivity index (χ0) is 12.8. The second-order valence-electron chi connectivity index (χ2n) is 6.03. The van der Waals surface area contributed by atoms with E-state index in [9.17, 15) is 0 Å². The first-order chi connectivity index (χ1) is 8.57. The first-order valence-corrected chi connectivity index (χ1v) is 7.04. The molecule has 0 N–H and O–H groups in total. The summed E-state index contributed by atoms with van der Waals surface area (Å²) >= 11 is 0. The quantitative estimate of drug-likeness (QED) is 0.716. The Labute approximate surface area is 109 Å². The van der Waals surface area contributed by atoms with Crippen molar-refractivity contribution in [3.05, 3.63) is 0 Å². The van der Waals surface area contributed by atoms with E-state index in [1.807, 2.05) is 5.06 Å². The Morgan fingerprint density at radius 3 is 2.56 bits per heavy atom. The summed E-state index contributed by atoms with van der Waals surface area (Å²) in [6.45, 7) is 9.13. The highest BCUT2D eigenvalue weighted by atomic mass is 16.8. The highest BCUT2D eigenvalue weighted by Gasteiger charge is 2.58. The molecule has 1 atom stereocenters. The predicted molar refractivity (Wildman–Crippen MR) is 68.8 cm³/mol. The highest BCUT2D eigenvalue weighted by molar-refractivity contribution is 5.75. The Hall–Kier alpha value is -0.810. The average Bonchev–Trinajstić information content (AvgIpc) is 2.88. The molecule has 3 heterocycles. The van der Waals surface area contributed by atoms with E-state index < -0.39 is 5.85 Å². The molecule has 0 aromatic rings.